The smallest absolute Gasteiger partial charge is 0.341 e. The third kappa shape index (κ3) is 3.04. The summed E-state index contributed by atoms with van der Waals surface area (Å²) < 4.78 is 12.9. The molecule has 98 valence electrons. The zero-order valence-electron chi connectivity index (χ0n) is 10.1. The molecule has 0 aromatic carbocycles. The van der Waals surface area contributed by atoms with Crippen molar-refractivity contribution in [2.75, 3.05) is 20.8 Å². The number of aromatic nitrogens is 1. The summed E-state index contributed by atoms with van der Waals surface area (Å²) in [7, 11) is 2.43. The lowest BCUT2D eigenvalue weighted by Crippen LogP contribution is -2.30. The maximum Gasteiger partial charge on any atom is 0.341 e. The van der Waals surface area contributed by atoms with Crippen LogP contribution in [0.4, 0.5) is 0 Å². The Morgan fingerprint density at radius 2 is 1.94 bits per heavy atom. The van der Waals surface area contributed by atoms with Gasteiger partial charge in [-0.1, -0.05) is 0 Å². The van der Waals surface area contributed by atoms with Gasteiger partial charge in [0.15, 0.2) is 0 Å². The highest BCUT2D eigenvalue weighted by Crippen LogP contribution is 2.19. The molecule has 7 nitrogen and oxygen atoms in total. The second kappa shape index (κ2) is 6.10. The molecule has 0 unspecified atom stereocenters. The van der Waals surface area contributed by atoms with Crippen molar-refractivity contribution < 1.29 is 23.9 Å². The van der Waals surface area contributed by atoms with Gasteiger partial charge < -0.3 is 14.8 Å². The number of ether oxygens (including phenoxy) is 2. The minimum Gasteiger partial charge on any atom is -0.468 e. The Balaban J connectivity index is 2.86. The van der Waals surface area contributed by atoms with Gasteiger partial charge >= 0.3 is 11.9 Å². The number of esters is 2. The van der Waals surface area contributed by atoms with Crippen molar-refractivity contribution in [2.45, 2.75) is 6.92 Å². The summed E-state index contributed by atoms with van der Waals surface area (Å²) in [4.78, 5) is 34.3. The highest BCUT2D eigenvalue weighted by atomic mass is 32.1. The fourth-order valence-corrected chi connectivity index (χ4v) is 1.97. The van der Waals surface area contributed by atoms with Crippen LogP contribution in [0.15, 0.2) is 0 Å². The van der Waals surface area contributed by atoms with E-state index >= 15 is 0 Å². The molecule has 0 saturated heterocycles. The number of aryl methyl sites for hydroxylation is 1. The average molecular weight is 272 g/mol. The van der Waals surface area contributed by atoms with Gasteiger partial charge in [-0.2, -0.15) is 4.37 Å². The van der Waals surface area contributed by atoms with Crippen molar-refractivity contribution in [2.24, 2.45) is 0 Å². The Kier molecular flexibility index (Phi) is 4.78. The topological polar surface area (TPSA) is 94.6 Å². The minimum atomic E-state index is -0.635. The van der Waals surface area contributed by atoms with E-state index in [0.29, 0.717) is 5.69 Å². The maximum atomic E-state index is 11.8. The van der Waals surface area contributed by atoms with Crippen LogP contribution in [0.1, 0.15) is 25.7 Å². The molecule has 0 radical (unpaired) electrons. The number of hydrogen-bond acceptors (Lipinski definition) is 7. The third-order valence-corrected chi connectivity index (χ3v) is 3.02. The molecule has 0 fully saturated rings. The molecule has 0 spiro atoms. The zero-order valence-corrected chi connectivity index (χ0v) is 10.9. The average Bonchev–Trinajstić information content (AvgIpc) is 2.76. The highest BCUT2D eigenvalue weighted by molar-refractivity contribution is 7.08. The van der Waals surface area contributed by atoms with E-state index in [9.17, 15) is 14.4 Å². The lowest BCUT2D eigenvalue weighted by atomic mass is 10.2. The molecule has 0 atom stereocenters. The first-order valence-electron chi connectivity index (χ1n) is 4.90. The van der Waals surface area contributed by atoms with E-state index in [1.165, 1.54) is 14.2 Å². The molecule has 18 heavy (non-hydrogen) atoms. The molecule has 1 N–H and O–H groups in total. The van der Waals surface area contributed by atoms with Crippen LogP contribution in [0.5, 0.6) is 0 Å². The Morgan fingerprint density at radius 3 is 2.50 bits per heavy atom. The van der Waals surface area contributed by atoms with E-state index in [0.717, 1.165) is 11.5 Å². The molecule has 0 aliphatic heterocycles. The van der Waals surface area contributed by atoms with Crippen LogP contribution in [-0.4, -0.2) is 43.0 Å². The summed E-state index contributed by atoms with van der Waals surface area (Å²) in [5.41, 5.74) is 0.528. The predicted molar refractivity (Wildman–Crippen MR) is 62.5 cm³/mol. The summed E-state index contributed by atoms with van der Waals surface area (Å²) >= 11 is 0.872. The van der Waals surface area contributed by atoms with E-state index in [4.69, 9.17) is 0 Å². The summed E-state index contributed by atoms with van der Waals surface area (Å²) in [6.07, 6.45) is 0. The first-order chi connectivity index (χ1) is 8.51. The molecule has 8 heteroatoms. The lowest BCUT2D eigenvalue weighted by Gasteiger charge is -2.03. The van der Waals surface area contributed by atoms with Crippen molar-refractivity contribution >= 4 is 29.4 Å². The van der Waals surface area contributed by atoms with Crippen LogP contribution in [0.2, 0.25) is 0 Å². The van der Waals surface area contributed by atoms with Crippen molar-refractivity contribution in [3.63, 3.8) is 0 Å². The van der Waals surface area contributed by atoms with Gasteiger partial charge in [0.1, 0.15) is 17.0 Å². The maximum absolute atomic E-state index is 11.8. The fourth-order valence-electron chi connectivity index (χ4n) is 1.17. The van der Waals surface area contributed by atoms with Crippen molar-refractivity contribution in [1.29, 1.82) is 0 Å². The molecule has 1 amide bonds. The summed E-state index contributed by atoms with van der Waals surface area (Å²) in [6, 6.07) is 0. The third-order valence-electron chi connectivity index (χ3n) is 2.08. The van der Waals surface area contributed by atoms with Gasteiger partial charge in [0, 0.05) is 0 Å². The summed E-state index contributed by atoms with van der Waals surface area (Å²) in [5.74, 6) is -1.78. The molecule has 1 aromatic heterocycles. The molecule has 1 rings (SSSR count). The molecule has 1 aromatic rings. The number of nitrogens with zero attached hydrogens (tertiary/aromatic N) is 1. The van der Waals surface area contributed by atoms with E-state index in [2.05, 4.69) is 19.2 Å². The van der Waals surface area contributed by atoms with Crippen LogP contribution in [0, 0.1) is 6.92 Å². The van der Waals surface area contributed by atoms with E-state index in [-0.39, 0.29) is 17.0 Å². The van der Waals surface area contributed by atoms with E-state index < -0.39 is 17.8 Å². The first-order valence-corrected chi connectivity index (χ1v) is 5.68. The molecule has 0 aliphatic carbocycles. The van der Waals surface area contributed by atoms with Gasteiger partial charge in [0.05, 0.1) is 19.9 Å². The summed E-state index contributed by atoms with van der Waals surface area (Å²) in [6.45, 7) is 1.33. The van der Waals surface area contributed by atoms with Gasteiger partial charge in [0.2, 0.25) is 0 Å². The molecular formula is C10H12N2O5S. The van der Waals surface area contributed by atoms with Crippen LogP contribution in [-0.2, 0) is 14.3 Å². The Morgan fingerprint density at radius 1 is 1.28 bits per heavy atom. The number of carbonyl (C=O) groups excluding carboxylic acids is 3. The van der Waals surface area contributed by atoms with Gasteiger partial charge in [-0.15, -0.1) is 0 Å². The van der Waals surface area contributed by atoms with Gasteiger partial charge in [0.25, 0.3) is 5.91 Å². The Hall–Kier alpha value is -1.96. The molecule has 0 saturated carbocycles. The number of nitrogens with one attached hydrogen (secondary N) is 1. The molecule has 0 bridgehead atoms. The van der Waals surface area contributed by atoms with E-state index in [1.807, 2.05) is 0 Å². The SMILES string of the molecule is COC(=O)CNC(=O)c1snc(C)c1C(=O)OC. The van der Waals surface area contributed by atoms with Crippen LogP contribution >= 0.6 is 11.5 Å². The standard InChI is InChI=1S/C10H12N2O5S/c1-5-7(10(15)17-3)8(18-12-5)9(14)11-4-6(13)16-2/h4H2,1-3H3,(H,11,14). The number of rotatable bonds is 4. The Labute approximate surface area is 107 Å². The molecule has 1 heterocycles. The summed E-state index contributed by atoms with van der Waals surface area (Å²) in [5, 5.41) is 2.33. The van der Waals surface area contributed by atoms with Crippen molar-refractivity contribution in [3.8, 4) is 0 Å². The zero-order chi connectivity index (χ0) is 13.7. The highest BCUT2D eigenvalue weighted by Gasteiger charge is 2.24. The fraction of sp³-hybridized carbons (Fsp3) is 0.400. The molecule has 0 aliphatic rings. The van der Waals surface area contributed by atoms with Gasteiger partial charge in [-0.3, -0.25) is 9.59 Å². The predicted octanol–water partition coefficient (Wildman–Crippen LogP) is 0.141. The van der Waals surface area contributed by atoms with Crippen LogP contribution in [0.3, 0.4) is 0 Å². The minimum absolute atomic E-state index is 0.114. The van der Waals surface area contributed by atoms with Crippen LogP contribution < -0.4 is 5.32 Å². The number of carbonyl (C=O) groups is 3. The Bertz CT molecular complexity index is 483. The van der Waals surface area contributed by atoms with Crippen molar-refractivity contribution in [3.05, 3.63) is 16.1 Å². The van der Waals surface area contributed by atoms with Gasteiger partial charge in [-0.25, -0.2) is 4.79 Å². The largest absolute Gasteiger partial charge is 0.468 e. The van der Waals surface area contributed by atoms with E-state index in [1.54, 1.807) is 6.92 Å². The van der Waals surface area contributed by atoms with Gasteiger partial charge in [-0.05, 0) is 18.5 Å². The molecular weight excluding hydrogens is 260 g/mol. The van der Waals surface area contributed by atoms with Crippen LogP contribution in [0.25, 0.3) is 0 Å². The number of methoxy groups -OCH3 is 2. The van der Waals surface area contributed by atoms with Crippen molar-refractivity contribution in [1.82, 2.24) is 9.69 Å². The normalized spacial score (nSPS) is 9.72. The quantitative estimate of drug-likeness (QED) is 0.783. The first kappa shape index (κ1) is 14.1. The second-order valence-corrected chi connectivity index (χ2v) is 4.00. The number of amides is 1. The second-order valence-electron chi connectivity index (χ2n) is 3.22. The number of hydrogen-bond donors (Lipinski definition) is 1. The monoisotopic (exact) mass is 272 g/mol. The lowest BCUT2D eigenvalue weighted by molar-refractivity contribution is -0.139.